The predicted octanol–water partition coefficient (Wildman–Crippen LogP) is 2.03. The molecule has 1 aromatic rings. The van der Waals surface area contributed by atoms with Crippen molar-refractivity contribution in [2.45, 2.75) is 27.3 Å². The summed E-state index contributed by atoms with van der Waals surface area (Å²) in [6, 6.07) is 6.30. The van der Waals surface area contributed by atoms with Crippen molar-refractivity contribution in [2.75, 3.05) is 6.54 Å². The van der Waals surface area contributed by atoms with Crippen LogP contribution in [0.5, 0.6) is 0 Å². The van der Waals surface area contributed by atoms with Crippen molar-refractivity contribution >= 4 is 0 Å². The predicted molar refractivity (Wildman–Crippen MR) is 60.1 cm³/mol. The Balaban J connectivity index is 2.39. The molecule has 0 aliphatic carbocycles. The maximum Gasteiger partial charge on any atom is 0.0697 e. The van der Waals surface area contributed by atoms with Crippen molar-refractivity contribution < 1.29 is 0 Å². The highest BCUT2D eigenvalue weighted by molar-refractivity contribution is 5.12. The molecule has 80 valence electrons. The molecule has 1 aromatic heterocycles. The fourth-order valence-corrected chi connectivity index (χ4v) is 1.16. The lowest BCUT2D eigenvalue weighted by Crippen LogP contribution is -2.27. The van der Waals surface area contributed by atoms with Crippen LogP contribution in [0.15, 0.2) is 18.3 Å². The van der Waals surface area contributed by atoms with Gasteiger partial charge in [-0.1, -0.05) is 6.07 Å². The lowest BCUT2D eigenvalue weighted by atomic mass is 9.96. The average Bonchev–Trinajstić information content (AvgIpc) is 2.21. The summed E-state index contributed by atoms with van der Waals surface area (Å²) in [5.41, 5.74) is 1.86. The fourth-order valence-electron chi connectivity index (χ4n) is 1.16. The number of nitrogens with one attached hydrogen (secondary N) is 1. The molecule has 0 aromatic carbocycles. The molecule has 0 saturated carbocycles. The van der Waals surface area contributed by atoms with Gasteiger partial charge in [-0.3, -0.25) is 4.98 Å². The van der Waals surface area contributed by atoms with Crippen molar-refractivity contribution in [1.29, 1.82) is 5.26 Å². The molecular weight excluding hydrogens is 186 g/mol. The Morgan fingerprint density at radius 1 is 1.47 bits per heavy atom. The smallest absolute Gasteiger partial charge is 0.0697 e. The van der Waals surface area contributed by atoms with Gasteiger partial charge in [-0.2, -0.15) is 5.26 Å². The van der Waals surface area contributed by atoms with Crippen molar-refractivity contribution in [2.24, 2.45) is 5.41 Å². The number of rotatable bonds is 4. The van der Waals surface area contributed by atoms with E-state index >= 15 is 0 Å². The molecule has 0 spiro atoms. The maximum absolute atomic E-state index is 8.83. The molecule has 0 amide bonds. The topological polar surface area (TPSA) is 48.7 Å². The quantitative estimate of drug-likeness (QED) is 0.814. The molecule has 15 heavy (non-hydrogen) atoms. The van der Waals surface area contributed by atoms with Crippen LogP contribution in [0, 0.1) is 23.7 Å². The second kappa shape index (κ2) is 4.90. The van der Waals surface area contributed by atoms with Crippen LogP contribution in [0.2, 0.25) is 0 Å². The third kappa shape index (κ3) is 4.09. The molecule has 0 aliphatic heterocycles. The van der Waals surface area contributed by atoms with Gasteiger partial charge in [0.05, 0.1) is 11.5 Å². The van der Waals surface area contributed by atoms with E-state index in [0.717, 1.165) is 17.8 Å². The molecule has 0 atom stereocenters. The Kier molecular flexibility index (Phi) is 3.81. The minimum atomic E-state index is -0.307. The van der Waals surface area contributed by atoms with Gasteiger partial charge in [-0.05, 0) is 32.4 Å². The van der Waals surface area contributed by atoms with Gasteiger partial charge < -0.3 is 5.32 Å². The molecule has 0 aliphatic rings. The first-order valence-corrected chi connectivity index (χ1v) is 5.07. The third-order valence-electron chi connectivity index (χ3n) is 2.17. The van der Waals surface area contributed by atoms with E-state index in [1.54, 1.807) is 0 Å². The molecular formula is C12H17N3. The summed E-state index contributed by atoms with van der Waals surface area (Å²) in [5, 5.41) is 12.1. The zero-order valence-electron chi connectivity index (χ0n) is 9.54. The first-order valence-electron chi connectivity index (χ1n) is 5.07. The highest BCUT2D eigenvalue weighted by atomic mass is 14.9. The Labute approximate surface area is 91.1 Å². The number of aryl methyl sites for hydroxylation is 1. The average molecular weight is 203 g/mol. The maximum atomic E-state index is 8.83. The van der Waals surface area contributed by atoms with Gasteiger partial charge in [0.25, 0.3) is 0 Å². The van der Waals surface area contributed by atoms with Gasteiger partial charge in [-0.15, -0.1) is 0 Å². The highest BCUT2D eigenvalue weighted by Gasteiger charge is 2.15. The Morgan fingerprint density at radius 3 is 2.73 bits per heavy atom. The first kappa shape index (κ1) is 11.7. The van der Waals surface area contributed by atoms with Crippen LogP contribution in [0.4, 0.5) is 0 Å². The minimum absolute atomic E-state index is 0.307. The van der Waals surface area contributed by atoms with Crippen LogP contribution in [-0.4, -0.2) is 11.5 Å². The minimum Gasteiger partial charge on any atom is -0.311 e. The summed E-state index contributed by atoms with van der Waals surface area (Å²) < 4.78 is 0. The Bertz CT molecular complexity index is 346. The van der Waals surface area contributed by atoms with Gasteiger partial charge in [0.15, 0.2) is 0 Å². The van der Waals surface area contributed by atoms with E-state index < -0.39 is 0 Å². The van der Waals surface area contributed by atoms with E-state index in [9.17, 15) is 0 Å². The zero-order valence-corrected chi connectivity index (χ0v) is 9.54. The molecule has 0 radical (unpaired) electrons. The molecule has 0 bridgehead atoms. The van der Waals surface area contributed by atoms with Crippen LogP contribution >= 0.6 is 0 Å². The van der Waals surface area contributed by atoms with Gasteiger partial charge in [0.1, 0.15) is 0 Å². The normalized spacial score (nSPS) is 11.1. The van der Waals surface area contributed by atoms with Crippen molar-refractivity contribution in [3.8, 4) is 6.07 Å². The summed E-state index contributed by atoms with van der Waals surface area (Å²) in [7, 11) is 0. The lowest BCUT2D eigenvalue weighted by Gasteiger charge is -2.15. The fraction of sp³-hybridized carbons (Fsp3) is 0.500. The van der Waals surface area contributed by atoms with Gasteiger partial charge >= 0.3 is 0 Å². The van der Waals surface area contributed by atoms with Crippen molar-refractivity contribution in [3.05, 3.63) is 29.6 Å². The molecule has 1 heterocycles. The number of aromatic nitrogens is 1. The van der Waals surface area contributed by atoms with E-state index in [0.29, 0.717) is 6.54 Å². The SMILES string of the molecule is Cc1ccc(CNCC(C)(C)C#N)cn1. The Morgan fingerprint density at radius 2 is 2.20 bits per heavy atom. The van der Waals surface area contributed by atoms with Crippen LogP contribution < -0.4 is 5.32 Å². The number of nitriles is 1. The molecule has 1 rings (SSSR count). The molecule has 3 heteroatoms. The number of nitrogens with zero attached hydrogens (tertiary/aromatic N) is 2. The molecule has 3 nitrogen and oxygen atoms in total. The van der Waals surface area contributed by atoms with Crippen molar-refractivity contribution in [3.63, 3.8) is 0 Å². The summed E-state index contributed by atoms with van der Waals surface area (Å²) in [6.07, 6.45) is 1.86. The van der Waals surface area contributed by atoms with Crippen LogP contribution in [0.1, 0.15) is 25.1 Å². The lowest BCUT2D eigenvalue weighted by molar-refractivity contribution is 0.445. The van der Waals surface area contributed by atoms with Crippen molar-refractivity contribution in [1.82, 2.24) is 10.3 Å². The monoisotopic (exact) mass is 203 g/mol. The summed E-state index contributed by atoms with van der Waals surface area (Å²) in [4.78, 5) is 4.21. The zero-order chi connectivity index (χ0) is 11.3. The van der Waals surface area contributed by atoms with Gasteiger partial charge in [-0.25, -0.2) is 0 Å². The second-order valence-electron chi connectivity index (χ2n) is 4.41. The molecule has 0 saturated heterocycles. The van der Waals surface area contributed by atoms with Gasteiger partial charge in [0, 0.05) is 25.0 Å². The molecule has 0 fully saturated rings. The van der Waals surface area contributed by atoms with E-state index in [4.69, 9.17) is 5.26 Å². The number of pyridine rings is 1. The van der Waals surface area contributed by atoms with Crippen LogP contribution in [0.25, 0.3) is 0 Å². The van der Waals surface area contributed by atoms with E-state index in [2.05, 4.69) is 22.4 Å². The largest absolute Gasteiger partial charge is 0.311 e. The van der Waals surface area contributed by atoms with Crippen LogP contribution in [-0.2, 0) is 6.54 Å². The Hall–Kier alpha value is -1.40. The van der Waals surface area contributed by atoms with Gasteiger partial charge in [0.2, 0.25) is 0 Å². The molecule has 0 unspecified atom stereocenters. The van der Waals surface area contributed by atoms with E-state index in [1.807, 2.05) is 33.0 Å². The molecule has 1 N–H and O–H groups in total. The highest BCUT2D eigenvalue weighted by Crippen LogP contribution is 2.10. The summed E-state index contributed by atoms with van der Waals surface area (Å²) >= 11 is 0. The third-order valence-corrected chi connectivity index (χ3v) is 2.17. The summed E-state index contributed by atoms with van der Waals surface area (Å²) in [5.74, 6) is 0. The van der Waals surface area contributed by atoms with E-state index in [-0.39, 0.29) is 5.41 Å². The standard InChI is InChI=1S/C12H17N3/c1-10-4-5-11(7-15-10)6-14-9-12(2,3)8-13/h4-5,7,14H,6,9H2,1-3H3. The number of hydrogen-bond acceptors (Lipinski definition) is 3. The summed E-state index contributed by atoms with van der Waals surface area (Å²) in [6.45, 7) is 7.27. The second-order valence-corrected chi connectivity index (χ2v) is 4.41. The number of hydrogen-bond donors (Lipinski definition) is 1. The van der Waals surface area contributed by atoms with E-state index in [1.165, 1.54) is 0 Å². The first-order chi connectivity index (χ1) is 7.03. The van der Waals surface area contributed by atoms with Crippen LogP contribution in [0.3, 0.4) is 0 Å².